The summed E-state index contributed by atoms with van der Waals surface area (Å²) in [7, 11) is 1.89. The first kappa shape index (κ1) is 25.1. The summed E-state index contributed by atoms with van der Waals surface area (Å²) in [6.07, 6.45) is 3.01. The van der Waals surface area contributed by atoms with E-state index in [4.69, 9.17) is 10.5 Å². The number of fused-ring (bicyclic) bond motifs is 1. The molecule has 2 aromatic carbocycles. The summed E-state index contributed by atoms with van der Waals surface area (Å²) >= 11 is 0. The Morgan fingerprint density at radius 2 is 1.85 bits per heavy atom. The van der Waals surface area contributed by atoms with E-state index in [0.29, 0.717) is 39.4 Å². The van der Waals surface area contributed by atoms with Crippen molar-refractivity contribution in [2.24, 2.45) is 7.05 Å². The largest absolute Gasteiger partial charge is 0.423 e. The molecule has 5 rings (SSSR count). The molecule has 0 aliphatic carbocycles. The summed E-state index contributed by atoms with van der Waals surface area (Å²) in [6.45, 7) is 7.16. The van der Waals surface area contributed by atoms with Crippen LogP contribution in [0, 0.1) is 18.3 Å². The lowest BCUT2D eigenvalue weighted by molar-refractivity contribution is -0.112. The van der Waals surface area contributed by atoms with Crippen LogP contribution in [0.25, 0.3) is 33.4 Å². The second kappa shape index (κ2) is 10.1. The van der Waals surface area contributed by atoms with E-state index in [1.807, 2.05) is 48.9 Å². The molecule has 192 valence electrons. The SMILES string of the molecule is C=C(C)C(=O)Nc1ccc(-c2c(-c3ccc(Oc4nccc(C)n4)c(C#N)c3)c3c(N)ncnc3n2C)cc1. The fourth-order valence-electron chi connectivity index (χ4n) is 4.28. The lowest BCUT2D eigenvalue weighted by Gasteiger charge is -2.12. The van der Waals surface area contributed by atoms with E-state index in [2.05, 4.69) is 37.9 Å². The van der Waals surface area contributed by atoms with Crippen molar-refractivity contribution in [2.45, 2.75) is 13.8 Å². The first-order valence-corrected chi connectivity index (χ1v) is 11.9. The number of hydrogen-bond acceptors (Lipinski definition) is 8. The molecule has 0 bridgehead atoms. The highest BCUT2D eigenvalue weighted by Crippen LogP contribution is 2.43. The van der Waals surface area contributed by atoms with Crippen LogP contribution in [0.2, 0.25) is 0 Å². The molecule has 0 aliphatic heterocycles. The molecule has 0 saturated heterocycles. The van der Waals surface area contributed by atoms with Crippen molar-refractivity contribution in [2.75, 3.05) is 11.1 Å². The van der Waals surface area contributed by atoms with Crippen molar-refractivity contribution in [3.05, 3.63) is 84.5 Å². The molecule has 0 fully saturated rings. The van der Waals surface area contributed by atoms with Gasteiger partial charge in [0.1, 0.15) is 29.6 Å². The van der Waals surface area contributed by atoms with E-state index in [9.17, 15) is 10.1 Å². The minimum absolute atomic E-state index is 0.154. The predicted octanol–water partition coefficient (Wildman–Crippen LogP) is 5.16. The molecule has 0 radical (unpaired) electrons. The highest BCUT2D eigenvalue weighted by atomic mass is 16.5. The van der Waals surface area contributed by atoms with Crippen LogP contribution in [0.4, 0.5) is 11.5 Å². The molecule has 0 unspecified atom stereocenters. The Morgan fingerprint density at radius 1 is 1.10 bits per heavy atom. The Balaban J connectivity index is 1.64. The van der Waals surface area contributed by atoms with Gasteiger partial charge in [-0.3, -0.25) is 4.79 Å². The van der Waals surface area contributed by atoms with E-state index < -0.39 is 0 Å². The van der Waals surface area contributed by atoms with E-state index in [1.54, 1.807) is 31.3 Å². The van der Waals surface area contributed by atoms with Gasteiger partial charge >= 0.3 is 6.01 Å². The third kappa shape index (κ3) is 4.76. The molecule has 1 amide bonds. The second-order valence-corrected chi connectivity index (χ2v) is 8.96. The van der Waals surface area contributed by atoms with E-state index in [-0.39, 0.29) is 11.9 Å². The molecule has 0 aliphatic rings. The van der Waals surface area contributed by atoms with Gasteiger partial charge in [-0.1, -0.05) is 24.8 Å². The highest BCUT2D eigenvalue weighted by molar-refractivity contribution is 6.08. The maximum absolute atomic E-state index is 12.0. The minimum atomic E-state index is -0.251. The zero-order valence-corrected chi connectivity index (χ0v) is 21.6. The molecule has 0 atom stereocenters. The molecule has 5 aromatic rings. The number of ether oxygens (including phenoxy) is 1. The number of nitrogens with zero attached hydrogens (tertiary/aromatic N) is 6. The van der Waals surface area contributed by atoms with Gasteiger partial charge in [0, 0.05) is 35.8 Å². The molecule has 3 N–H and O–H groups in total. The van der Waals surface area contributed by atoms with E-state index in [1.165, 1.54) is 6.33 Å². The van der Waals surface area contributed by atoms with Gasteiger partial charge in [-0.05, 0) is 55.3 Å². The van der Waals surface area contributed by atoms with Gasteiger partial charge in [0.25, 0.3) is 5.91 Å². The Hall–Kier alpha value is -5.56. The number of nitrogen functional groups attached to an aromatic ring is 1. The van der Waals surface area contributed by atoms with Crippen molar-refractivity contribution in [1.82, 2.24) is 24.5 Å². The molecule has 10 heteroatoms. The number of hydrogen-bond donors (Lipinski definition) is 2. The number of anilines is 2. The summed E-state index contributed by atoms with van der Waals surface area (Å²) in [4.78, 5) is 29.1. The number of nitriles is 1. The smallest absolute Gasteiger partial charge is 0.322 e. The topological polar surface area (TPSA) is 145 Å². The maximum Gasteiger partial charge on any atom is 0.322 e. The van der Waals surface area contributed by atoms with Crippen LogP contribution < -0.4 is 15.8 Å². The zero-order chi connectivity index (χ0) is 27.7. The van der Waals surface area contributed by atoms with Crippen LogP contribution in [-0.4, -0.2) is 30.4 Å². The fourth-order valence-corrected chi connectivity index (χ4v) is 4.28. The number of nitrogens with two attached hydrogens (primary N) is 1. The summed E-state index contributed by atoms with van der Waals surface area (Å²) in [5.41, 5.74) is 12.2. The van der Waals surface area contributed by atoms with Gasteiger partial charge in [0.2, 0.25) is 0 Å². The third-order valence-corrected chi connectivity index (χ3v) is 6.16. The lowest BCUT2D eigenvalue weighted by atomic mass is 9.97. The van der Waals surface area contributed by atoms with Crippen LogP contribution >= 0.6 is 0 Å². The average Bonchev–Trinajstić information content (AvgIpc) is 3.22. The normalized spacial score (nSPS) is 10.7. The van der Waals surface area contributed by atoms with Gasteiger partial charge in [-0.15, -0.1) is 0 Å². The molecular formula is C29H24N8O2. The fraction of sp³-hybridized carbons (Fsp3) is 0.103. The third-order valence-electron chi connectivity index (χ3n) is 6.16. The maximum atomic E-state index is 12.0. The predicted molar refractivity (Wildman–Crippen MR) is 149 cm³/mol. The van der Waals surface area contributed by atoms with Crippen molar-refractivity contribution in [3.8, 4) is 40.2 Å². The van der Waals surface area contributed by atoms with Gasteiger partial charge in [-0.2, -0.15) is 5.26 Å². The molecule has 3 heterocycles. The molecule has 0 saturated carbocycles. The molecule has 39 heavy (non-hydrogen) atoms. The van der Waals surface area contributed by atoms with Gasteiger partial charge in [0.15, 0.2) is 0 Å². The van der Waals surface area contributed by atoms with Gasteiger partial charge in [0.05, 0.1) is 16.6 Å². The number of rotatable bonds is 6. The van der Waals surface area contributed by atoms with Crippen molar-refractivity contribution >= 4 is 28.4 Å². The van der Waals surface area contributed by atoms with Crippen LogP contribution in [0.15, 0.2) is 73.2 Å². The Labute approximate surface area is 224 Å². The van der Waals surface area contributed by atoms with E-state index >= 15 is 0 Å². The van der Waals surface area contributed by atoms with Crippen molar-refractivity contribution < 1.29 is 9.53 Å². The summed E-state index contributed by atoms with van der Waals surface area (Å²) in [6, 6.07) is 16.8. The standard InChI is InChI=1S/C29H24N8O2/c1-16(2)28(38)36-21-8-5-18(6-9-21)25-23(24-26(31)33-15-34-27(24)37(25)4)19-7-10-22(20(13-19)14-30)39-29-32-12-11-17(3)35-29/h5-13,15H,1H2,2-4H3,(H,36,38)(H2,31,33,34). The van der Waals surface area contributed by atoms with E-state index in [0.717, 1.165) is 28.1 Å². The Bertz CT molecular complexity index is 1800. The number of benzene rings is 2. The first-order chi connectivity index (χ1) is 18.8. The number of carbonyl (C=O) groups excluding carboxylic acids is 1. The lowest BCUT2D eigenvalue weighted by Crippen LogP contribution is -2.11. The molecular weight excluding hydrogens is 492 g/mol. The molecule has 0 spiro atoms. The van der Waals surface area contributed by atoms with Crippen LogP contribution in [0.5, 0.6) is 11.8 Å². The van der Waals surface area contributed by atoms with Crippen LogP contribution in [0.1, 0.15) is 18.2 Å². The number of nitrogens with one attached hydrogen (secondary N) is 1. The van der Waals surface area contributed by atoms with Crippen LogP contribution in [0.3, 0.4) is 0 Å². The van der Waals surface area contributed by atoms with Crippen LogP contribution in [-0.2, 0) is 11.8 Å². The summed E-state index contributed by atoms with van der Waals surface area (Å²) in [5.74, 6) is 0.392. The summed E-state index contributed by atoms with van der Waals surface area (Å²) < 4.78 is 7.76. The number of carbonyl (C=O) groups is 1. The number of aromatic nitrogens is 5. The Morgan fingerprint density at radius 3 is 2.54 bits per heavy atom. The van der Waals surface area contributed by atoms with Gasteiger partial charge in [-0.25, -0.2) is 19.9 Å². The summed E-state index contributed by atoms with van der Waals surface area (Å²) in [5, 5.41) is 13.4. The first-order valence-electron chi connectivity index (χ1n) is 11.9. The average molecular weight is 517 g/mol. The quantitative estimate of drug-likeness (QED) is 0.294. The second-order valence-electron chi connectivity index (χ2n) is 8.96. The number of aryl methyl sites for hydroxylation is 2. The molecule has 10 nitrogen and oxygen atoms in total. The highest BCUT2D eigenvalue weighted by Gasteiger charge is 2.23. The molecule has 3 aromatic heterocycles. The monoisotopic (exact) mass is 516 g/mol. The number of amides is 1. The van der Waals surface area contributed by atoms with Gasteiger partial charge < -0.3 is 20.4 Å². The zero-order valence-electron chi connectivity index (χ0n) is 21.6. The minimum Gasteiger partial charge on any atom is -0.423 e. The Kier molecular flexibility index (Phi) is 6.48. The van der Waals surface area contributed by atoms with Crippen molar-refractivity contribution in [1.29, 1.82) is 5.26 Å². The van der Waals surface area contributed by atoms with Crippen molar-refractivity contribution in [3.63, 3.8) is 0 Å².